The second-order valence-electron chi connectivity index (χ2n) is 5.15. The predicted molar refractivity (Wildman–Crippen MR) is 85.6 cm³/mol. The first-order valence-corrected chi connectivity index (χ1v) is 7.27. The topological polar surface area (TPSA) is 72.5 Å². The van der Waals surface area contributed by atoms with E-state index in [0.717, 1.165) is 5.56 Å². The molecule has 1 heterocycles. The number of carbonyl (C=O) groups is 1. The number of methoxy groups -OCH3 is 1. The van der Waals surface area contributed by atoms with Gasteiger partial charge in [-0.3, -0.25) is 10.1 Å². The largest absolute Gasteiger partial charge is 0.467 e. The summed E-state index contributed by atoms with van der Waals surface area (Å²) >= 11 is 5.89. The van der Waals surface area contributed by atoms with Crippen molar-refractivity contribution >= 4 is 28.9 Å². The van der Waals surface area contributed by atoms with E-state index in [4.69, 9.17) is 16.3 Å². The zero-order valence-corrected chi connectivity index (χ0v) is 12.9. The Morgan fingerprint density at radius 2 is 1.96 bits per heavy atom. The van der Waals surface area contributed by atoms with Crippen LogP contribution in [-0.4, -0.2) is 24.0 Å². The van der Waals surface area contributed by atoms with Crippen LogP contribution in [0.1, 0.15) is 11.6 Å². The van der Waals surface area contributed by atoms with Crippen LogP contribution >= 0.6 is 11.6 Å². The van der Waals surface area contributed by atoms with Crippen molar-refractivity contribution in [2.45, 2.75) is 12.1 Å². The Hall–Kier alpha value is -2.60. The van der Waals surface area contributed by atoms with Gasteiger partial charge >= 0.3 is 5.97 Å². The molecule has 6 nitrogen and oxygen atoms in total. The summed E-state index contributed by atoms with van der Waals surface area (Å²) in [5.74, 6) is -0.378. The Morgan fingerprint density at radius 3 is 2.57 bits per heavy atom. The van der Waals surface area contributed by atoms with Gasteiger partial charge in [0.2, 0.25) is 0 Å². The number of nitro benzene ring substituents is 1. The van der Waals surface area contributed by atoms with E-state index in [1.165, 1.54) is 19.2 Å². The number of benzene rings is 2. The maximum atomic E-state index is 12.0. The van der Waals surface area contributed by atoms with Gasteiger partial charge in [0.25, 0.3) is 5.69 Å². The fraction of sp³-hybridized carbons (Fsp3) is 0.188. The summed E-state index contributed by atoms with van der Waals surface area (Å²) < 4.78 is 4.84. The number of nitrogens with zero attached hydrogens (tertiary/aromatic N) is 2. The molecule has 0 amide bonds. The van der Waals surface area contributed by atoms with Crippen molar-refractivity contribution in [1.82, 2.24) is 0 Å². The minimum Gasteiger partial charge on any atom is -0.467 e. The number of ether oxygens (including phenoxy) is 1. The summed E-state index contributed by atoms with van der Waals surface area (Å²) in [6, 6.07) is 12.6. The third-order valence-electron chi connectivity index (χ3n) is 3.80. The highest BCUT2D eigenvalue weighted by molar-refractivity contribution is 6.30. The average Bonchev–Trinajstić information content (AvgIpc) is 3.30. The van der Waals surface area contributed by atoms with E-state index >= 15 is 0 Å². The third kappa shape index (κ3) is 2.85. The van der Waals surface area contributed by atoms with E-state index in [1.54, 1.807) is 29.2 Å². The zero-order valence-electron chi connectivity index (χ0n) is 12.2. The van der Waals surface area contributed by atoms with Crippen molar-refractivity contribution in [2.75, 3.05) is 12.0 Å². The second kappa shape index (κ2) is 5.89. The molecule has 0 aliphatic carbocycles. The number of anilines is 1. The minimum absolute atomic E-state index is 0.0205. The van der Waals surface area contributed by atoms with Gasteiger partial charge in [-0.25, -0.2) is 4.79 Å². The normalized spacial score (nSPS) is 19.3. The van der Waals surface area contributed by atoms with Gasteiger partial charge in [0, 0.05) is 22.8 Å². The standard InChI is InChI=1S/C16H13ClN2O4/c1-23-16(20)15-14(10-5-7-11(17)8-6-10)18(15)12-3-2-4-13(9-12)19(21)22/h2-9,14-15H,1H3/t14-,15+,18?/m0/s1. The van der Waals surface area contributed by atoms with Crippen LogP contribution < -0.4 is 4.90 Å². The van der Waals surface area contributed by atoms with Gasteiger partial charge in [-0.1, -0.05) is 29.8 Å². The van der Waals surface area contributed by atoms with Crippen molar-refractivity contribution in [3.8, 4) is 0 Å². The zero-order chi connectivity index (χ0) is 16.6. The van der Waals surface area contributed by atoms with E-state index in [9.17, 15) is 14.9 Å². The Morgan fingerprint density at radius 1 is 1.26 bits per heavy atom. The molecule has 2 aromatic rings. The first-order valence-electron chi connectivity index (χ1n) is 6.89. The maximum Gasteiger partial charge on any atom is 0.331 e. The molecule has 118 valence electrons. The van der Waals surface area contributed by atoms with Gasteiger partial charge in [0.1, 0.15) is 0 Å². The molecule has 1 aliphatic heterocycles. The average molecular weight is 333 g/mol. The molecule has 1 saturated heterocycles. The number of hydrogen-bond donors (Lipinski definition) is 0. The smallest absolute Gasteiger partial charge is 0.331 e. The number of esters is 1. The van der Waals surface area contributed by atoms with Crippen molar-refractivity contribution < 1.29 is 14.5 Å². The molecule has 0 saturated carbocycles. The fourth-order valence-electron chi connectivity index (χ4n) is 2.69. The lowest BCUT2D eigenvalue weighted by Gasteiger charge is -2.06. The monoisotopic (exact) mass is 332 g/mol. The van der Waals surface area contributed by atoms with E-state index in [0.29, 0.717) is 10.7 Å². The number of nitro groups is 1. The summed E-state index contributed by atoms with van der Waals surface area (Å²) in [6.45, 7) is 0. The molecule has 1 aliphatic rings. The minimum atomic E-state index is -0.497. The van der Waals surface area contributed by atoms with Crippen LogP contribution in [0.25, 0.3) is 0 Å². The van der Waals surface area contributed by atoms with Crippen LogP contribution in [0.15, 0.2) is 48.5 Å². The van der Waals surface area contributed by atoms with Crippen molar-refractivity contribution in [3.05, 3.63) is 69.2 Å². The number of halogens is 1. The molecule has 2 atom stereocenters. The highest BCUT2D eigenvalue weighted by atomic mass is 35.5. The fourth-order valence-corrected chi connectivity index (χ4v) is 2.81. The number of rotatable bonds is 4. The van der Waals surface area contributed by atoms with Crippen molar-refractivity contribution in [3.63, 3.8) is 0 Å². The summed E-state index contributed by atoms with van der Waals surface area (Å²) in [7, 11) is 1.32. The lowest BCUT2D eigenvalue weighted by molar-refractivity contribution is -0.384. The first kappa shape index (κ1) is 15.3. The van der Waals surface area contributed by atoms with Crippen LogP contribution in [0.3, 0.4) is 0 Å². The lowest BCUT2D eigenvalue weighted by atomic mass is 10.1. The SMILES string of the molecule is COC(=O)[C@H]1[C@H](c2ccc(Cl)cc2)N1c1cccc([N+](=O)[O-])c1. The summed E-state index contributed by atoms with van der Waals surface area (Å²) in [6.07, 6.45) is 0. The molecule has 0 N–H and O–H groups in total. The summed E-state index contributed by atoms with van der Waals surface area (Å²) in [5, 5.41) is 11.5. The number of carbonyl (C=O) groups excluding carboxylic acids is 1. The molecule has 7 heteroatoms. The van der Waals surface area contributed by atoms with Gasteiger partial charge in [0.05, 0.1) is 18.1 Å². The molecule has 3 rings (SSSR count). The van der Waals surface area contributed by atoms with Crippen LogP contribution in [0.4, 0.5) is 11.4 Å². The predicted octanol–water partition coefficient (Wildman–Crippen LogP) is 3.35. The molecule has 0 bridgehead atoms. The van der Waals surface area contributed by atoms with Crippen LogP contribution in [-0.2, 0) is 9.53 Å². The molecule has 0 aromatic heterocycles. The molecule has 2 aromatic carbocycles. The van der Waals surface area contributed by atoms with Gasteiger partial charge < -0.3 is 9.64 Å². The molecule has 23 heavy (non-hydrogen) atoms. The van der Waals surface area contributed by atoms with Crippen LogP contribution in [0.2, 0.25) is 5.02 Å². The van der Waals surface area contributed by atoms with Crippen molar-refractivity contribution in [1.29, 1.82) is 0 Å². The van der Waals surface area contributed by atoms with Gasteiger partial charge in [0.15, 0.2) is 6.04 Å². The first-order chi connectivity index (χ1) is 11.0. The molecule has 0 unspecified atom stereocenters. The summed E-state index contributed by atoms with van der Waals surface area (Å²) in [4.78, 5) is 24.3. The van der Waals surface area contributed by atoms with Gasteiger partial charge in [-0.15, -0.1) is 0 Å². The van der Waals surface area contributed by atoms with Crippen LogP contribution in [0, 0.1) is 10.1 Å². The third-order valence-corrected chi connectivity index (χ3v) is 4.05. The number of hydrogen-bond acceptors (Lipinski definition) is 5. The van der Waals surface area contributed by atoms with Gasteiger partial charge in [-0.2, -0.15) is 0 Å². The maximum absolute atomic E-state index is 12.0. The van der Waals surface area contributed by atoms with Crippen LogP contribution in [0.5, 0.6) is 0 Å². The highest BCUT2D eigenvalue weighted by Crippen LogP contribution is 2.48. The Bertz CT molecular complexity index is 763. The molecule has 1 fully saturated rings. The van der Waals surface area contributed by atoms with E-state index in [-0.39, 0.29) is 17.7 Å². The van der Waals surface area contributed by atoms with E-state index in [2.05, 4.69) is 0 Å². The second-order valence-corrected chi connectivity index (χ2v) is 5.59. The molecular formula is C16H13ClN2O4. The van der Waals surface area contributed by atoms with E-state index in [1.807, 2.05) is 12.1 Å². The molecule has 0 radical (unpaired) electrons. The quantitative estimate of drug-likeness (QED) is 0.371. The Labute approximate surface area is 137 Å². The van der Waals surface area contributed by atoms with E-state index < -0.39 is 11.0 Å². The Kier molecular flexibility index (Phi) is 3.92. The van der Waals surface area contributed by atoms with Crippen molar-refractivity contribution in [2.24, 2.45) is 0 Å². The molecule has 0 spiro atoms. The van der Waals surface area contributed by atoms with Gasteiger partial charge in [-0.05, 0) is 23.8 Å². The Balaban J connectivity index is 1.96. The highest BCUT2D eigenvalue weighted by Gasteiger charge is 2.54. The molecular weight excluding hydrogens is 320 g/mol. The lowest BCUT2D eigenvalue weighted by Crippen LogP contribution is -2.14. The number of non-ortho nitro benzene ring substituents is 1. The summed E-state index contributed by atoms with van der Waals surface area (Å²) in [5.41, 5.74) is 1.48.